The third-order valence-electron chi connectivity index (χ3n) is 11.8. The van der Waals surface area contributed by atoms with Gasteiger partial charge in [-0.25, -0.2) is 4.79 Å². The average molecular weight is 505 g/mol. The highest BCUT2D eigenvalue weighted by atomic mass is 16.6. The van der Waals surface area contributed by atoms with Gasteiger partial charge in [0.05, 0.1) is 17.6 Å². The van der Waals surface area contributed by atoms with Crippen molar-refractivity contribution in [3.63, 3.8) is 0 Å². The minimum absolute atomic E-state index is 0.108. The molecule has 0 amide bonds. The predicted octanol–water partition coefficient (Wildman–Crippen LogP) is 1.97. The van der Waals surface area contributed by atoms with E-state index in [1.54, 1.807) is 20.8 Å². The highest BCUT2D eigenvalue weighted by Gasteiger charge is 2.78. The van der Waals surface area contributed by atoms with Crippen LogP contribution in [-0.4, -0.2) is 73.4 Å². The van der Waals surface area contributed by atoms with E-state index in [1.165, 1.54) is 19.1 Å². The number of ether oxygens (including phenoxy) is 2. The highest BCUT2D eigenvalue weighted by Crippen LogP contribution is 2.70. The van der Waals surface area contributed by atoms with Gasteiger partial charge in [-0.1, -0.05) is 12.5 Å². The number of fused-ring (bicyclic) bond motifs is 5. The molecule has 200 valence electrons. The maximum Gasteiger partial charge on any atom is 0.334 e. The van der Waals surface area contributed by atoms with Crippen LogP contribution in [0.1, 0.15) is 73.6 Å². The molecule has 36 heavy (non-hydrogen) atoms. The van der Waals surface area contributed by atoms with Crippen molar-refractivity contribution in [2.75, 3.05) is 6.61 Å². The summed E-state index contributed by atoms with van der Waals surface area (Å²) in [4.78, 5) is 25.8. The second kappa shape index (κ2) is 7.50. The molecule has 0 radical (unpaired) electrons. The zero-order chi connectivity index (χ0) is 26.7. The zero-order valence-electron chi connectivity index (χ0n) is 22.1. The molecule has 10 atom stereocenters. The lowest BCUT2D eigenvalue weighted by Crippen LogP contribution is -2.75. The Hall–Kier alpha value is -1.58. The summed E-state index contributed by atoms with van der Waals surface area (Å²) in [6.45, 7) is 10.5. The van der Waals surface area contributed by atoms with Crippen LogP contribution in [0.2, 0.25) is 0 Å². The molecule has 0 aromatic rings. The number of cyclic esters (lactones) is 1. The van der Waals surface area contributed by atoms with E-state index in [0.29, 0.717) is 24.8 Å². The predicted molar refractivity (Wildman–Crippen MR) is 130 cm³/mol. The molecule has 5 aliphatic rings. The molecule has 3 fully saturated rings. The van der Waals surface area contributed by atoms with Crippen LogP contribution in [0.15, 0.2) is 23.3 Å². The molecule has 0 spiro atoms. The first-order valence-electron chi connectivity index (χ1n) is 13.1. The van der Waals surface area contributed by atoms with Gasteiger partial charge < -0.3 is 29.9 Å². The van der Waals surface area contributed by atoms with Gasteiger partial charge in [-0.15, -0.1) is 0 Å². The lowest BCUT2D eigenvalue weighted by atomic mass is 9.44. The van der Waals surface area contributed by atoms with E-state index >= 15 is 0 Å². The Morgan fingerprint density at radius 1 is 1.06 bits per heavy atom. The number of hydrogen-bond donors (Lipinski definition) is 4. The largest absolute Gasteiger partial charge is 0.455 e. The maximum absolute atomic E-state index is 13.3. The molecule has 5 rings (SSSR count). The van der Waals surface area contributed by atoms with E-state index in [0.717, 1.165) is 5.57 Å². The number of carbonyl (C=O) groups is 2. The second-order valence-corrected chi connectivity index (χ2v) is 12.8. The number of hydrogen-bond acceptors (Lipinski definition) is 8. The summed E-state index contributed by atoms with van der Waals surface area (Å²) in [6.07, 6.45) is 2.45. The summed E-state index contributed by atoms with van der Waals surface area (Å²) in [6, 6.07) is 0. The molecule has 8 nitrogen and oxygen atoms in total. The van der Waals surface area contributed by atoms with Gasteiger partial charge in [0.1, 0.15) is 29.0 Å². The topological polar surface area (TPSA) is 134 Å². The Balaban J connectivity index is 1.54. The van der Waals surface area contributed by atoms with Gasteiger partial charge in [0.15, 0.2) is 5.78 Å². The number of aliphatic hydroxyl groups is 4. The van der Waals surface area contributed by atoms with Crippen LogP contribution in [0.5, 0.6) is 0 Å². The normalized spacial score (nSPS) is 52.3. The number of rotatable bonds is 2. The average Bonchev–Trinajstić information content (AvgIpc) is 3.04. The minimum Gasteiger partial charge on any atom is -0.455 e. The van der Waals surface area contributed by atoms with Gasteiger partial charge in [0.2, 0.25) is 0 Å². The van der Waals surface area contributed by atoms with Gasteiger partial charge in [0, 0.05) is 23.3 Å². The smallest absolute Gasteiger partial charge is 0.334 e. The quantitative estimate of drug-likeness (QED) is 0.420. The molecule has 3 aliphatic carbocycles. The third-order valence-corrected chi connectivity index (χ3v) is 11.8. The van der Waals surface area contributed by atoms with Crippen LogP contribution < -0.4 is 0 Å². The summed E-state index contributed by atoms with van der Waals surface area (Å²) in [7, 11) is 0. The van der Waals surface area contributed by atoms with E-state index in [-0.39, 0.29) is 31.1 Å². The number of ketones is 1. The first-order chi connectivity index (χ1) is 16.5. The second-order valence-electron chi connectivity index (χ2n) is 12.8. The molecule has 2 saturated carbocycles. The Morgan fingerprint density at radius 2 is 1.72 bits per heavy atom. The van der Waals surface area contributed by atoms with Crippen molar-refractivity contribution in [3.8, 4) is 0 Å². The summed E-state index contributed by atoms with van der Waals surface area (Å²) in [5.74, 6) is -1.41. The van der Waals surface area contributed by atoms with Crippen LogP contribution in [0, 0.1) is 22.7 Å². The lowest BCUT2D eigenvalue weighted by Gasteiger charge is -2.66. The SMILES string of the molecule is CC1=C(C)C(=O)OC([C@](C)(O)[C@]2(O)CC[C@@]3(O)C4CO[C@@]5(C)[C@H](O)C=CC(=O)[C@]5(C)C4CC[C@]23C)C1. The summed E-state index contributed by atoms with van der Waals surface area (Å²) < 4.78 is 11.9. The highest BCUT2D eigenvalue weighted by molar-refractivity contribution is 5.97. The van der Waals surface area contributed by atoms with E-state index < -0.39 is 57.3 Å². The monoisotopic (exact) mass is 504 g/mol. The first-order valence-corrected chi connectivity index (χ1v) is 13.1. The third kappa shape index (κ3) is 2.72. The molecule has 3 unspecified atom stereocenters. The van der Waals surface area contributed by atoms with E-state index in [1.807, 2.05) is 13.8 Å². The number of allylic oxidation sites excluding steroid dienone is 1. The van der Waals surface area contributed by atoms with Crippen molar-refractivity contribution < 1.29 is 39.5 Å². The molecule has 0 aromatic heterocycles. The molecular formula is C28H40O8. The minimum atomic E-state index is -1.83. The summed E-state index contributed by atoms with van der Waals surface area (Å²) in [5.41, 5.74) is -7.04. The van der Waals surface area contributed by atoms with Crippen LogP contribution >= 0.6 is 0 Å². The molecule has 4 N–H and O–H groups in total. The van der Waals surface area contributed by atoms with Crippen molar-refractivity contribution in [1.82, 2.24) is 0 Å². The van der Waals surface area contributed by atoms with E-state index in [4.69, 9.17) is 9.47 Å². The Morgan fingerprint density at radius 3 is 2.36 bits per heavy atom. The Labute approximate surface area is 212 Å². The van der Waals surface area contributed by atoms with Crippen LogP contribution in [0.25, 0.3) is 0 Å². The molecule has 8 heteroatoms. The molecular weight excluding hydrogens is 464 g/mol. The molecule has 2 aliphatic heterocycles. The van der Waals surface area contributed by atoms with Gasteiger partial charge in [-0.2, -0.15) is 0 Å². The summed E-state index contributed by atoms with van der Waals surface area (Å²) in [5, 5.41) is 47.4. The van der Waals surface area contributed by atoms with Gasteiger partial charge in [-0.3, -0.25) is 4.79 Å². The molecule has 1 saturated heterocycles. The number of carbonyl (C=O) groups excluding carboxylic acids is 2. The summed E-state index contributed by atoms with van der Waals surface area (Å²) >= 11 is 0. The molecule has 0 bridgehead atoms. The Bertz CT molecular complexity index is 1080. The van der Waals surface area contributed by atoms with Crippen LogP contribution in [-0.2, 0) is 19.1 Å². The fourth-order valence-electron chi connectivity index (χ4n) is 8.61. The van der Waals surface area contributed by atoms with Crippen molar-refractivity contribution in [2.45, 2.75) is 108 Å². The fraction of sp³-hybridized carbons (Fsp3) is 0.786. The molecule has 2 heterocycles. The number of esters is 1. The van der Waals surface area contributed by atoms with Gasteiger partial charge >= 0.3 is 5.97 Å². The fourth-order valence-corrected chi connectivity index (χ4v) is 8.61. The van der Waals surface area contributed by atoms with Gasteiger partial charge in [-0.05, 0) is 78.4 Å². The lowest BCUT2D eigenvalue weighted by molar-refractivity contribution is -0.313. The van der Waals surface area contributed by atoms with Crippen LogP contribution in [0.3, 0.4) is 0 Å². The zero-order valence-corrected chi connectivity index (χ0v) is 22.1. The van der Waals surface area contributed by atoms with Crippen molar-refractivity contribution in [2.24, 2.45) is 22.7 Å². The standard InChI is InChI=1S/C28H40O8/c1-15-13-21(36-22(31)16(15)2)25(5,32)28(34)12-11-27(33)18-14-35-26(6)20(30)8-7-19(29)24(26,4)17(18)9-10-23(27,28)3/h7-8,17-18,20-21,30,32-34H,9-14H2,1-6H3/t17?,18?,20-,21?,23+,24+,25+,26+,27-,28+/m1/s1. The van der Waals surface area contributed by atoms with Crippen LogP contribution in [0.4, 0.5) is 0 Å². The Kier molecular flexibility index (Phi) is 5.43. The van der Waals surface area contributed by atoms with E-state index in [9.17, 15) is 30.0 Å². The first kappa shape index (κ1) is 26.0. The van der Waals surface area contributed by atoms with Gasteiger partial charge in [0.25, 0.3) is 0 Å². The molecule has 0 aromatic carbocycles. The van der Waals surface area contributed by atoms with Crippen molar-refractivity contribution in [1.29, 1.82) is 0 Å². The maximum atomic E-state index is 13.3. The van der Waals surface area contributed by atoms with E-state index in [2.05, 4.69) is 0 Å². The van der Waals surface area contributed by atoms with Crippen molar-refractivity contribution >= 4 is 11.8 Å². The van der Waals surface area contributed by atoms with Crippen molar-refractivity contribution in [3.05, 3.63) is 23.3 Å². The number of aliphatic hydroxyl groups excluding tert-OH is 1.